The average molecular weight is 317 g/mol. The number of ether oxygens (including phenoxy) is 2. The molecule has 2 fully saturated rings. The van der Waals surface area contributed by atoms with E-state index in [1.54, 1.807) is 7.11 Å². The smallest absolute Gasteiger partial charge is 0.322 e. The van der Waals surface area contributed by atoms with E-state index in [-0.39, 0.29) is 11.9 Å². The van der Waals surface area contributed by atoms with E-state index in [1.807, 2.05) is 42.2 Å². The summed E-state index contributed by atoms with van der Waals surface area (Å²) in [6.07, 6.45) is 1.35. The number of likely N-dealkylation sites (tertiary alicyclic amines) is 1. The van der Waals surface area contributed by atoms with Gasteiger partial charge in [-0.3, -0.25) is 9.59 Å². The number of hydrogen-bond acceptors (Lipinski definition) is 4. The molecule has 1 saturated heterocycles. The third-order valence-corrected chi connectivity index (χ3v) is 5.69. The Bertz CT molecular complexity index is 617. The van der Waals surface area contributed by atoms with Gasteiger partial charge in [-0.05, 0) is 25.3 Å². The summed E-state index contributed by atoms with van der Waals surface area (Å²) >= 11 is 0. The first-order chi connectivity index (χ1) is 11.0. The van der Waals surface area contributed by atoms with Crippen LogP contribution < -0.4 is 0 Å². The minimum atomic E-state index is -1.07. The molecule has 0 aromatic heterocycles. The minimum absolute atomic E-state index is 0.0791. The minimum Gasteiger partial charge on any atom is -0.468 e. The summed E-state index contributed by atoms with van der Waals surface area (Å²) < 4.78 is 10.4. The van der Waals surface area contributed by atoms with E-state index < -0.39 is 16.8 Å². The van der Waals surface area contributed by atoms with E-state index in [9.17, 15) is 9.59 Å². The predicted octanol–water partition coefficient (Wildman–Crippen LogP) is 2.18. The zero-order chi connectivity index (χ0) is 16.7. The Morgan fingerprint density at radius 3 is 2.48 bits per heavy atom. The lowest BCUT2D eigenvalue weighted by molar-refractivity contribution is -0.181. The van der Waals surface area contributed by atoms with Crippen LogP contribution in [0.3, 0.4) is 0 Å². The molecule has 3 atom stereocenters. The molecule has 1 aliphatic carbocycles. The van der Waals surface area contributed by atoms with Gasteiger partial charge in [-0.1, -0.05) is 30.3 Å². The highest BCUT2D eigenvalue weighted by Crippen LogP contribution is 2.63. The average Bonchev–Trinajstić information content (AvgIpc) is 2.73. The molecule has 0 N–H and O–H groups in total. The maximum absolute atomic E-state index is 13.2. The number of amides is 1. The number of methoxy groups -OCH3 is 2. The fourth-order valence-electron chi connectivity index (χ4n) is 4.24. The molecule has 1 aromatic rings. The molecule has 5 heteroatoms. The number of nitrogens with zero attached hydrogens (tertiary/aromatic N) is 1. The van der Waals surface area contributed by atoms with Crippen molar-refractivity contribution in [3.8, 4) is 0 Å². The summed E-state index contributed by atoms with van der Waals surface area (Å²) in [5, 5.41) is 0. The van der Waals surface area contributed by atoms with Crippen molar-refractivity contribution in [2.24, 2.45) is 10.8 Å². The number of hydrogen-bond donors (Lipinski definition) is 0. The molecule has 1 saturated carbocycles. The predicted molar refractivity (Wildman–Crippen MR) is 84.6 cm³/mol. The Balaban J connectivity index is 1.97. The van der Waals surface area contributed by atoms with Gasteiger partial charge in [-0.25, -0.2) is 0 Å². The van der Waals surface area contributed by atoms with Gasteiger partial charge in [0.15, 0.2) is 5.41 Å². The zero-order valence-electron chi connectivity index (χ0n) is 13.9. The summed E-state index contributed by atoms with van der Waals surface area (Å²) in [4.78, 5) is 27.4. The van der Waals surface area contributed by atoms with Crippen molar-refractivity contribution >= 4 is 11.9 Å². The molecular formula is C18H23NO4. The topological polar surface area (TPSA) is 55.8 Å². The van der Waals surface area contributed by atoms with Crippen molar-refractivity contribution in [3.05, 3.63) is 35.9 Å². The van der Waals surface area contributed by atoms with Crippen LogP contribution in [-0.2, 0) is 19.1 Å². The number of rotatable bonds is 5. The van der Waals surface area contributed by atoms with Gasteiger partial charge in [-0.2, -0.15) is 0 Å². The van der Waals surface area contributed by atoms with Crippen LogP contribution in [0.1, 0.15) is 31.4 Å². The second kappa shape index (κ2) is 5.64. The molecule has 0 radical (unpaired) electrons. The molecule has 0 bridgehead atoms. The maximum Gasteiger partial charge on any atom is 0.322 e. The molecule has 1 aromatic carbocycles. The summed E-state index contributed by atoms with van der Waals surface area (Å²) in [6.45, 7) is 2.93. The van der Waals surface area contributed by atoms with Crippen molar-refractivity contribution in [2.75, 3.05) is 27.4 Å². The Morgan fingerprint density at radius 2 is 1.96 bits per heavy atom. The van der Waals surface area contributed by atoms with Crippen molar-refractivity contribution < 1.29 is 19.1 Å². The lowest BCUT2D eigenvalue weighted by atomic mass is 9.51. The van der Waals surface area contributed by atoms with Gasteiger partial charge >= 0.3 is 5.97 Å². The molecule has 2 aliphatic rings. The molecule has 23 heavy (non-hydrogen) atoms. The second-order valence-electron chi connectivity index (χ2n) is 6.63. The molecule has 1 amide bonds. The molecule has 3 rings (SSSR count). The monoisotopic (exact) mass is 317 g/mol. The van der Waals surface area contributed by atoms with Crippen LogP contribution in [0.15, 0.2) is 30.3 Å². The molecule has 124 valence electrons. The molecule has 1 heterocycles. The highest BCUT2D eigenvalue weighted by molar-refractivity contribution is 6.07. The highest BCUT2D eigenvalue weighted by atomic mass is 16.5. The van der Waals surface area contributed by atoms with Crippen LogP contribution in [0.25, 0.3) is 0 Å². The van der Waals surface area contributed by atoms with Gasteiger partial charge < -0.3 is 14.4 Å². The fourth-order valence-corrected chi connectivity index (χ4v) is 4.24. The normalized spacial score (nSPS) is 30.6. The lowest BCUT2D eigenvalue weighted by Gasteiger charge is -2.49. The van der Waals surface area contributed by atoms with E-state index in [0.29, 0.717) is 19.6 Å². The fraction of sp³-hybridized carbons (Fsp3) is 0.556. The molecule has 5 nitrogen and oxygen atoms in total. The lowest BCUT2D eigenvalue weighted by Crippen LogP contribution is -2.59. The highest BCUT2D eigenvalue weighted by Gasteiger charge is 2.74. The van der Waals surface area contributed by atoms with E-state index >= 15 is 0 Å². The Labute approximate surface area is 136 Å². The van der Waals surface area contributed by atoms with Crippen LogP contribution in [0, 0.1) is 10.8 Å². The first-order valence-corrected chi connectivity index (χ1v) is 7.96. The Kier molecular flexibility index (Phi) is 3.92. The van der Waals surface area contributed by atoms with Gasteiger partial charge in [0.1, 0.15) is 0 Å². The number of fused-ring (bicyclic) bond motifs is 1. The first-order valence-electron chi connectivity index (χ1n) is 7.96. The maximum atomic E-state index is 13.2. The van der Waals surface area contributed by atoms with Crippen molar-refractivity contribution in [2.45, 2.75) is 25.8 Å². The summed E-state index contributed by atoms with van der Waals surface area (Å²) in [6, 6.07) is 9.81. The van der Waals surface area contributed by atoms with Crippen LogP contribution in [-0.4, -0.2) is 44.1 Å². The third kappa shape index (κ3) is 2.02. The molecule has 0 spiro atoms. The third-order valence-electron chi connectivity index (χ3n) is 5.69. The van der Waals surface area contributed by atoms with Crippen LogP contribution in [0.4, 0.5) is 0 Å². The molecular weight excluding hydrogens is 294 g/mol. The van der Waals surface area contributed by atoms with Crippen molar-refractivity contribution in [3.63, 3.8) is 0 Å². The summed E-state index contributed by atoms with van der Waals surface area (Å²) in [5.74, 6) is -0.544. The molecule has 1 unspecified atom stereocenters. The SMILES string of the molecule is COC[C@]12CCC1(C(=O)OC)C(=O)N([C@H](C)c1ccccc1)C2. The van der Waals surface area contributed by atoms with Gasteiger partial charge in [0, 0.05) is 19.1 Å². The quantitative estimate of drug-likeness (QED) is 0.617. The Morgan fingerprint density at radius 1 is 1.26 bits per heavy atom. The van der Waals surface area contributed by atoms with Gasteiger partial charge in [0.2, 0.25) is 5.91 Å². The largest absolute Gasteiger partial charge is 0.468 e. The first kappa shape index (κ1) is 16.0. The van der Waals surface area contributed by atoms with E-state index in [4.69, 9.17) is 9.47 Å². The number of carbonyl (C=O) groups excluding carboxylic acids is 2. The summed E-state index contributed by atoms with van der Waals surface area (Å²) in [7, 11) is 2.96. The van der Waals surface area contributed by atoms with Gasteiger partial charge in [0.05, 0.1) is 19.8 Å². The Hall–Kier alpha value is -1.88. The standard InChI is InChI=1S/C18H23NO4/c1-13(14-7-5-4-6-8-14)19-11-17(12-22-2)9-10-18(17,15(19)20)16(21)23-3/h4-8,13H,9-12H2,1-3H3/t13-,17-,18?/m1/s1. The number of benzene rings is 1. The summed E-state index contributed by atoms with van der Waals surface area (Å²) in [5.41, 5.74) is -0.467. The van der Waals surface area contributed by atoms with E-state index in [2.05, 4.69) is 0 Å². The van der Waals surface area contributed by atoms with Gasteiger partial charge in [0.25, 0.3) is 0 Å². The van der Waals surface area contributed by atoms with Crippen molar-refractivity contribution in [1.29, 1.82) is 0 Å². The number of carbonyl (C=O) groups is 2. The van der Waals surface area contributed by atoms with Gasteiger partial charge in [-0.15, -0.1) is 0 Å². The van der Waals surface area contributed by atoms with E-state index in [0.717, 1.165) is 12.0 Å². The van der Waals surface area contributed by atoms with E-state index in [1.165, 1.54) is 7.11 Å². The second-order valence-corrected chi connectivity index (χ2v) is 6.63. The zero-order valence-corrected chi connectivity index (χ0v) is 13.9. The number of esters is 1. The van der Waals surface area contributed by atoms with Crippen LogP contribution in [0.5, 0.6) is 0 Å². The van der Waals surface area contributed by atoms with Crippen LogP contribution in [0.2, 0.25) is 0 Å². The van der Waals surface area contributed by atoms with Crippen molar-refractivity contribution in [1.82, 2.24) is 4.90 Å². The molecule has 1 aliphatic heterocycles. The van der Waals surface area contributed by atoms with Crippen LogP contribution >= 0.6 is 0 Å².